The third-order valence-electron chi connectivity index (χ3n) is 5.28. The third-order valence-corrected chi connectivity index (χ3v) is 5.28. The van der Waals surface area contributed by atoms with Gasteiger partial charge in [-0.1, -0.05) is 0 Å². The first kappa shape index (κ1) is 17.9. The van der Waals surface area contributed by atoms with Gasteiger partial charge in [0.2, 0.25) is 5.91 Å². The zero-order chi connectivity index (χ0) is 20.0. The number of anilines is 2. The zero-order valence-corrected chi connectivity index (χ0v) is 15.5. The van der Waals surface area contributed by atoms with Crippen LogP contribution in [0, 0.1) is 42.8 Å². The second-order valence-electron chi connectivity index (χ2n) is 7.10. The van der Waals surface area contributed by atoms with E-state index in [4.69, 9.17) is 11.0 Å². The Labute approximate surface area is 161 Å². The number of benzene rings is 1. The first-order valence-electron chi connectivity index (χ1n) is 8.91. The van der Waals surface area contributed by atoms with Crippen LogP contribution >= 0.6 is 0 Å². The van der Waals surface area contributed by atoms with Crippen molar-refractivity contribution in [1.29, 1.82) is 5.26 Å². The van der Waals surface area contributed by atoms with Crippen molar-refractivity contribution in [3.63, 3.8) is 0 Å². The van der Waals surface area contributed by atoms with Crippen LogP contribution in [0.3, 0.4) is 0 Å². The molecule has 3 aromatic rings. The number of aryl methyl sites for hydroxylation is 2. The molecule has 0 saturated heterocycles. The molecule has 4 rings (SSSR count). The van der Waals surface area contributed by atoms with Gasteiger partial charge in [0.05, 0.1) is 23.6 Å². The number of nitriles is 1. The Bertz CT molecular complexity index is 1170. The fourth-order valence-corrected chi connectivity index (χ4v) is 3.49. The van der Waals surface area contributed by atoms with E-state index in [0.717, 1.165) is 5.56 Å². The summed E-state index contributed by atoms with van der Waals surface area (Å²) in [5, 5.41) is 12.8. The van der Waals surface area contributed by atoms with Gasteiger partial charge in [-0.25, -0.2) is 9.37 Å². The summed E-state index contributed by atoms with van der Waals surface area (Å²) in [5.74, 6) is -0.907. The van der Waals surface area contributed by atoms with E-state index in [-0.39, 0.29) is 23.4 Å². The molecule has 28 heavy (non-hydrogen) atoms. The number of nitrogens with one attached hydrogen (secondary N) is 1. The van der Waals surface area contributed by atoms with E-state index >= 15 is 4.39 Å². The molecule has 3 N–H and O–H groups in total. The molecule has 0 radical (unpaired) electrons. The maximum atomic E-state index is 15.1. The van der Waals surface area contributed by atoms with Crippen LogP contribution in [0.5, 0.6) is 0 Å². The molecule has 2 atom stereocenters. The number of carbonyl (C=O) groups is 1. The van der Waals surface area contributed by atoms with Crippen molar-refractivity contribution in [3.05, 3.63) is 47.7 Å². The summed E-state index contributed by atoms with van der Waals surface area (Å²) in [4.78, 5) is 20.5. The number of halogens is 1. The van der Waals surface area contributed by atoms with Crippen molar-refractivity contribution in [1.82, 2.24) is 9.97 Å². The highest BCUT2D eigenvalue weighted by Gasteiger charge is 2.43. The standard InChI is InChI=1S/C21H18FN5O/c1-10-3-4-25-8-15(10)18-11(2)13-6-17(26-9-16(13)20(24)19(18)22)27-21(28)14-5-12(14)7-23/h3-4,6,8-9,12,14H,5,24H2,1-2H3,(H,26,27,28). The lowest BCUT2D eigenvalue weighted by Gasteiger charge is -2.16. The van der Waals surface area contributed by atoms with Gasteiger partial charge in [-0.2, -0.15) is 5.26 Å². The average Bonchev–Trinajstić information content (AvgIpc) is 3.48. The Morgan fingerprint density at radius 2 is 2.14 bits per heavy atom. The second kappa shape index (κ2) is 6.57. The van der Waals surface area contributed by atoms with Crippen LogP contribution < -0.4 is 11.1 Å². The van der Waals surface area contributed by atoms with Crippen molar-refractivity contribution in [3.8, 4) is 17.2 Å². The lowest BCUT2D eigenvalue weighted by atomic mass is 9.92. The number of hydrogen-bond acceptors (Lipinski definition) is 5. The van der Waals surface area contributed by atoms with E-state index in [9.17, 15) is 4.79 Å². The lowest BCUT2D eigenvalue weighted by Crippen LogP contribution is -2.15. The topological polar surface area (TPSA) is 105 Å². The Hall–Kier alpha value is -3.53. The summed E-state index contributed by atoms with van der Waals surface area (Å²) < 4.78 is 15.1. The molecular formula is C21H18FN5O. The lowest BCUT2D eigenvalue weighted by molar-refractivity contribution is -0.117. The minimum Gasteiger partial charge on any atom is -0.396 e. The SMILES string of the molecule is Cc1ccncc1-c1c(F)c(N)c2cnc(NC(=O)C3CC3C#N)cc2c1C. The van der Waals surface area contributed by atoms with E-state index in [0.29, 0.717) is 39.7 Å². The number of nitrogen functional groups attached to an aromatic ring is 1. The van der Waals surface area contributed by atoms with Crippen LogP contribution in [-0.2, 0) is 4.79 Å². The van der Waals surface area contributed by atoms with Crippen molar-refractivity contribution >= 4 is 28.2 Å². The quantitative estimate of drug-likeness (QED) is 0.679. The van der Waals surface area contributed by atoms with Crippen LogP contribution in [-0.4, -0.2) is 15.9 Å². The molecule has 7 heteroatoms. The van der Waals surface area contributed by atoms with Gasteiger partial charge in [-0.3, -0.25) is 9.78 Å². The molecule has 0 aliphatic heterocycles. The van der Waals surface area contributed by atoms with Crippen LogP contribution in [0.2, 0.25) is 0 Å². The van der Waals surface area contributed by atoms with Gasteiger partial charge >= 0.3 is 0 Å². The number of hydrogen-bond donors (Lipinski definition) is 2. The van der Waals surface area contributed by atoms with Crippen molar-refractivity contribution in [2.75, 3.05) is 11.1 Å². The van der Waals surface area contributed by atoms with Crippen LogP contribution in [0.4, 0.5) is 15.9 Å². The summed E-state index contributed by atoms with van der Waals surface area (Å²) in [5.41, 5.74) is 8.71. The maximum Gasteiger partial charge on any atom is 0.230 e. The minimum atomic E-state index is -0.505. The Morgan fingerprint density at radius 3 is 2.82 bits per heavy atom. The van der Waals surface area contributed by atoms with E-state index in [1.807, 2.05) is 19.9 Å². The predicted octanol–water partition coefficient (Wildman–Crippen LogP) is 3.73. The van der Waals surface area contributed by atoms with Crippen molar-refractivity contribution < 1.29 is 9.18 Å². The molecule has 0 spiro atoms. The Balaban J connectivity index is 1.81. The molecule has 140 valence electrons. The fraction of sp³-hybridized carbons (Fsp3) is 0.238. The van der Waals surface area contributed by atoms with Gasteiger partial charge in [0.15, 0.2) is 5.82 Å². The summed E-state index contributed by atoms with van der Waals surface area (Å²) >= 11 is 0. The highest BCUT2D eigenvalue weighted by Crippen LogP contribution is 2.40. The number of pyridine rings is 2. The number of aromatic nitrogens is 2. The van der Waals surface area contributed by atoms with Gasteiger partial charge in [0, 0.05) is 35.1 Å². The number of nitrogens with two attached hydrogens (primary N) is 1. The molecule has 1 aliphatic carbocycles. The van der Waals surface area contributed by atoms with E-state index in [2.05, 4.69) is 21.4 Å². The molecule has 1 aliphatic rings. The fourth-order valence-electron chi connectivity index (χ4n) is 3.49. The van der Waals surface area contributed by atoms with Crippen LogP contribution in [0.1, 0.15) is 17.5 Å². The summed E-state index contributed by atoms with van der Waals surface area (Å²) in [6.45, 7) is 3.70. The van der Waals surface area contributed by atoms with Crippen molar-refractivity contribution in [2.24, 2.45) is 11.8 Å². The average molecular weight is 375 g/mol. The third kappa shape index (κ3) is 2.83. The molecule has 6 nitrogen and oxygen atoms in total. The Morgan fingerprint density at radius 1 is 1.36 bits per heavy atom. The molecule has 2 unspecified atom stereocenters. The van der Waals surface area contributed by atoms with Gasteiger partial charge in [-0.05, 0) is 48.9 Å². The molecule has 1 fully saturated rings. The summed E-state index contributed by atoms with van der Waals surface area (Å²) in [7, 11) is 0. The molecule has 1 amide bonds. The van der Waals surface area contributed by atoms with Gasteiger partial charge in [0.25, 0.3) is 0 Å². The largest absolute Gasteiger partial charge is 0.396 e. The van der Waals surface area contributed by atoms with Gasteiger partial charge < -0.3 is 11.1 Å². The van der Waals surface area contributed by atoms with Gasteiger partial charge in [0.1, 0.15) is 5.82 Å². The molecule has 1 saturated carbocycles. The van der Waals surface area contributed by atoms with E-state index in [1.54, 1.807) is 18.5 Å². The maximum absolute atomic E-state index is 15.1. The summed E-state index contributed by atoms with van der Waals surface area (Å²) in [6, 6.07) is 5.60. The molecule has 0 bridgehead atoms. The molecular weight excluding hydrogens is 357 g/mol. The molecule has 2 aromatic heterocycles. The van der Waals surface area contributed by atoms with E-state index in [1.165, 1.54) is 6.20 Å². The van der Waals surface area contributed by atoms with Gasteiger partial charge in [-0.15, -0.1) is 0 Å². The van der Waals surface area contributed by atoms with E-state index < -0.39 is 5.82 Å². The smallest absolute Gasteiger partial charge is 0.230 e. The first-order valence-corrected chi connectivity index (χ1v) is 8.91. The predicted molar refractivity (Wildman–Crippen MR) is 105 cm³/mol. The van der Waals surface area contributed by atoms with Crippen LogP contribution in [0.15, 0.2) is 30.7 Å². The van der Waals surface area contributed by atoms with Crippen molar-refractivity contribution in [2.45, 2.75) is 20.3 Å². The number of carbonyl (C=O) groups excluding carboxylic acids is 1. The number of amides is 1. The monoisotopic (exact) mass is 375 g/mol. The second-order valence-corrected chi connectivity index (χ2v) is 7.10. The minimum absolute atomic E-state index is 0.0102. The highest BCUT2D eigenvalue weighted by atomic mass is 19.1. The number of nitrogens with zero attached hydrogens (tertiary/aromatic N) is 3. The number of rotatable bonds is 3. The highest BCUT2D eigenvalue weighted by molar-refractivity contribution is 6.02. The summed E-state index contributed by atoms with van der Waals surface area (Å²) in [6.07, 6.45) is 5.30. The zero-order valence-electron chi connectivity index (χ0n) is 15.5. The molecule has 1 aromatic carbocycles. The normalized spacial score (nSPS) is 17.9. The molecule has 2 heterocycles. The van der Waals surface area contributed by atoms with Crippen LogP contribution in [0.25, 0.3) is 21.9 Å². The number of fused-ring (bicyclic) bond motifs is 1. The Kier molecular flexibility index (Phi) is 4.19. The first-order chi connectivity index (χ1) is 13.4.